The average molecular weight is 321 g/mol. The summed E-state index contributed by atoms with van der Waals surface area (Å²) in [7, 11) is 0. The van der Waals surface area contributed by atoms with Crippen LogP contribution in [0.5, 0.6) is 0 Å². The van der Waals surface area contributed by atoms with E-state index in [9.17, 15) is 4.79 Å². The van der Waals surface area contributed by atoms with Crippen LogP contribution in [0.25, 0.3) is 11.5 Å². The number of benzene rings is 1. The Labute approximate surface area is 140 Å². The van der Waals surface area contributed by atoms with Gasteiger partial charge in [0.05, 0.1) is 17.7 Å². The van der Waals surface area contributed by atoms with Crippen molar-refractivity contribution in [3.63, 3.8) is 0 Å². The van der Waals surface area contributed by atoms with Gasteiger partial charge in [0.2, 0.25) is 11.8 Å². The quantitative estimate of drug-likeness (QED) is 0.776. The lowest BCUT2D eigenvalue weighted by atomic mass is 10.1. The number of carbonyl (C=O) groups is 1. The minimum absolute atomic E-state index is 0.106. The molecule has 0 saturated heterocycles. The number of pyridine rings is 1. The summed E-state index contributed by atoms with van der Waals surface area (Å²) >= 11 is 0. The zero-order valence-corrected chi connectivity index (χ0v) is 13.7. The fraction of sp³-hybridized carbons (Fsp3) is 0.211. The van der Waals surface area contributed by atoms with E-state index in [1.807, 2.05) is 43.3 Å². The molecule has 0 aliphatic rings. The summed E-state index contributed by atoms with van der Waals surface area (Å²) in [6, 6.07) is 11.5. The van der Waals surface area contributed by atoms with E-state index in [2.05, 4.69) is 22.2 Å². The van der Waals surface area contributed by atoms with Gasteiger partial charge in [-0.2, -0.15) is 0 Å². The van der Waals surface area contributed by atoms with E-state index in [1.165, 1.54) is 0 Å². The molecule has 1 aromatic carbocycles. The Bertz CT molecular complexity index is 841. The molecule has 0 fully saturated rings. The van der Waals surface area contributed by atoms with Crippen LogP contribution in [0, 0.1) is 6.92 Å². The van der Waals surface area contributed by atoms with Crippen molar-refractivity contribution in [2.75, 3.05) is 5.32 Å². The van der Waals surface area contributed by atoms with Crippen molar-refractivity contribution in [1.29, 1.82) is 0 Å². The third-order valence-corrected chi connectivity index (χ3v) is 3.80. The number of aromatic nitrogens is 2. The van der Waals surface area contributed by atoms with E-state index in [-0.39, 0.29) is 12.3 Å². The molecule has 0 aliphatic heterocycles. The zero-order valence-electron chi connectivity index (χ0n) is 13.7. The maximum absolute atomic E-state index is 12.3. The number of nitrogens with one attached hydrogen (secondary N) is 1. The van der Waals surface area contributed by atoms with Crippen LogP contribution in [0.3, 0.4) is 0 Å². The number of hydrogen-bond donors (Lipinski definition) is 1. The first kappa shape index (κ1) is 15.9. The highest BCUT2D eigenvalue weighted by atomic mass is 16.4. The van der Waals surface area contributed by atoms with Crippen molar-refractivity contribution in [2.45, 2.75) is 26.7 Å². The van der Waals surface area contributed by atoms with Crippen molar-refractivity contribution in [1.82, 2.24) is 9.97 Å². The highest BCUT2D eigenvalue weighted by molar-refractivity contribution is 5.92. The normalized spacial score (nSPS) is 10.6. The summed E-state index contributed by atoms with van der Waals surface area (Å²) in [5.41, 5.74) is 3.39. The molecule has 0 radical (unpaired) electrons. The number of anilines is 1. The number of aryl methyl sites for hydroxylation is 2. The first-order valence-electron chi connectivity index (χ1n) is 7.92. The smallest absolute Gasteiger partial charge is 0.230 e. The van der Waals surface area contributed by atoms with Gasteiger partial charge in [0, 0.05) is 18.1 Å². The molecule has 2 heterocycles. The van der Waals surface area contributed by atoms with Crippen molar-refractivity contribution < 1.29 is 9.21 Å². The van der Waals surface area contributed by atoms with Gasteiger partial charge < -0.3 is 9.73 Å². The number of amides is 1. The minimum atomic E-state index is -0.106. The monoisotopic (exact) mass is 321 g/mol. The molecule has 0 spiro atoms. The molecule has 3 aromatic rings. The first-order chi connectivity index (χ1) is 11.7. The predicted octanol–water partition coefficient (Wildman–Crippen LogP) is 3.79. The van der Waals surface area contributed by atoms with Crippen LogP contribution in [-0.2, 0) is 17.6 Å². The standard InChI is InChI=1S/C19H19N3O2/c1-3-14-7-4-5-9-16(14)21-18(23)11-17-13(2)24-19(22-17)15-8-6-10-20-12-15/h4-10,12H,3,11H2,1-2H3,(H,21,23). The molecule has 2 aromatic heterocycles. The van der Waals surface area contributed by atoms with Gasteiger partial charge in [0.1, 0.15) is 5.76 Å². The topological polar surface area (TPSA) is 68.0 Å². The third kappa shape index (κ3) is 3.51. The van der Waals surface area contributed by atoms with Crippen LogP contribution < -0.4 is 5.32 Å². The molecule has 1 amide bonds. The fourth-order valence-corrected chi connectivity index (χ4v) is 2.50. The van der Waals surface area contributed by atoms with Gasteiger partial charge in [-0.15, -0.1) is 0 Å². The van der Waals surface area contributed by atoms with E-state index < -0.39 is 0 Å². The van der Waals surface area contributed by atoms with Crippen LogP contribution in [-0.4, -0.2) is 15.9 Å². The van der Waals surface area contributed by atoms with Gasteiger partial charge in [-0.25, -0.2) is 4.98 Å². The number of rotatable bonds is 5. The van der Waals surface area contributed by atoms with E-state index >= 15 is 0 Å². The SMILES string of the molecule is CCc1ccccc1NC(=O)Cc1nc(-c2cccnc2)oc1C. The second-order valence-corrected chi connectivity index (χ2v) is 5.50. The summed E-state index contributed by atoms with van der Waals surface area (Å²) in [5.74, 6) is 1.02. The lowest BCUT2D eigenvalue weighted by molar-refractivity contribution is -0.115. The van der Waals surface area contributed by atoms with E-state index in [0.29, 0.717) is 17.3 Å². The summed E-state index contributed by atoms with van der Waals surface area (Å²) in [4.78, 5) is 20.8. The molecule has 0 saturated carbocycles. The Morgan fingerprint density at radius 2 is 2.04 bits per heavy atom. The molecule has 0 unspecified atom stereocenters. The molecule has 0 atom stereocenters. The molecular formula is C19H19N3O2. The average Bonchev–Trinajstić information content (AvgIpc) is 2.97. The van der Waals surface area contributed by atoms with E-state index in [1.54, 1.807) is 12.4 Å². The highest BCUT2D eigenvalue weighted by Gasteiger charge is 2.15. The summed E-state index contributed by atoms with van der Waals surface area (Å²) in [6.07, 6.45) is 4.42. The Kier molecular flexibility index (Phi) is 4.70. The molecular weight excluding hydrogens is 302 g/mol. The number of carbonyl (C=O) groups excluding carboxylic acids is 1. The van der Waals surface area contributed by atoms with Crippen LogP contribution >= 0.6 is 0 Å². The number of oxazole rings is 1. The van der Waals surface area contributed by atoms with Gasteiger partial charge in [0.15, 0.2) is 0 Å². The molecule has 5 heteroatoms. The number of hydrogen-bond acceptors (Lipinski definition) is 4. The van der Waals surface area contributed by atoms with Crippen molar-refractivity contribution in [2.24, 2.45) is 0 Å². The lowest BCUT2D eigenvalue weighted by Gasteiger charge is -2.08. The van der Waals surface area contributed by atoms with Crippen LogP contribution in [0.4, 0.5) is 5.69 Å². The zero-order chi connectivity index (χ0) is 16.9. The third-order valence-electron chi connectivity index (χ3n) is 3.80. The van der Waals surface area contributed by atoms with Crippen molar-refractivity contribution >= 4 is 11.6 Å². The maximum Gasteiger partial charge on any atom is 0.230 e. The highest BCUT2D eigenvalue weighted by Crippen LogP contribution is 2.22. The molecule has 5 nitrogen and oxygen atoms in total. The van der Waals surface area contributed by atoms with E-state index in [0.717, 1.165) is 23.2 Å². The second-order valence-electron chi connectivity index (χ2n) is 5.50. The van der Waals surface area contributed by atoms with Gasteiger partial charge in [0.25, 0.3) is 0 Å². The molecule has 122 valence electrons. The lowest BCUT2D eigenvalue weighted by Crippen LogP contribution is -2.16. The minimum Gasteiger partial charge on any atom is -0.441 e. The fourth-order valence-electron chi connectivity index (χ4n) is 2.50. The first-order valence-corrected chi connectivity index (χ1v) is 7.92. The second kappa shape index (κ2) is 7.08. The van der Waals surface area contributed by atoms with Crippen LogP contribution in [0.1, 0.15) is 23.9 Å². The predicted molar refractivity (Wildman–Crippen MR) is 92.6 cm³/mol. The molecule has 3 rings (SSSR count). The Morgan fingerprint density at radius 1 is 1.21 bits per heavy atom. The van der Waals surface area contributed by atoms with Gasteiger partial charge in [-0.3, -0.25) is 9.78 Å². The maximum atomic E-state index is 12.3. The molecule has 0 aliphatic carbocycles. The summed E-state index contributed by atoms with van der Waals surface area (Å²) < 4.78 is 5.67. The number of nitrogens with zero attached hydrogens (tertiary/aromatic N) is 2. The van der Waals surface area contributed by atoms with Gasteiger partial charge >= 0.3 is 0 Å². The van der Waals surface area contributed by atoms with Gasteiger partial charge in [-0.05, 0) is 37.1 Å². The van der Waals surface area contributed by atoms with Crippen LogP contribution in [0.15, 0.2) is 53.2 Å². The Morgan fingerprint density at radius 3 is 2.79 bits per heavy atom. The van der Waals surface area contributed by atoms with E-state index in [4.69, 9.17) is 4.42 Å². The summed E-state index contributed by atoms with van der Waals surface area (Å²) in [5, 5.41) is 2.95. The molecule has 24 heavy (non-hydrogen) atoms. The molecule has 0 bridgehead atoms. The Hall–Kier alpha value is -2.95. The number of para-hydroxylation sites is 1. The van der Waals surface area contributed by atoms with Crippen molar-refractivity contribution in [3.8, 4) is 11.5 Å². The summed E-state index contributed by atoms with van der Waals surface area (Å²) in [6.45, 7) is 3.88. The van der Waals surface area contributed by atoms with Crippen LogP contribution in [0.2, 0.25) is 0 Å². The van der Waals surface area contributed by atoms with Crippen molar-refractivity contribution in [3.05, 3.63) is 65.8 Å². The molecule has 1 N–H and O–H groups in total. The Balaban J connectivity index is 1.74. The van der Waals surface area contributed by atoms with Gasteiger partial charge in [-0.1, -0.05) is 25.1 Å². The largest absolute Gasteiger partial charge is 0.441 e.